The van der Waals surface area contributed by atoms with Gasteiger partial charge in [-0.2, -0.15) is 23.5 Å². The van der Waals surface area contributed by atoms with E-state index < -0.39 is 29.5 Å². The van der Waals surface area contributed by atoms with Crippen LogP contribution in [0.15, 0.2) is 54.9 Å². The van der Waals surface area contributed by atoms with Crippen LogP contribution in [0, 0.1) is 11.3 Å². The third-order valence-electron chi connectivity index (χ3n) is 6.51. The van der Waals surface area contributed by atoms with Crippen molar-refractivity contribution in [2.75, 3.05) is 13.7 Å². The lowest BCUT2D eigenvalue weighted by Crippen LogP contribution is -2.41. The van der Waals surface area contributed by atoms with Crippen molar-refractivity contribution in [2.24, 2.45) is 0 Å². The number of carbonyl (C=O) groups is 1. The monoisotopic (exact) mass is 581 g/mol. The van der Waals surface area contributed by atoms with Crippen LogP contribution in [0.2, 0.25) is 0 Å². The Morgan fingerprint density at radius 3 is 2.56 bits per heavy atom. The lowest BCUT2D eigenvalue weighted by Gasteiger charge is -2.35. The van der Waals surface area contributed by atoms with Gasteiger partial charge < -0.3 is 14.4 Å². The maximum Gasteiger partial charge on any atom is 0.435 e. The fraction of sp³-hybridized carbons (Fsp3) is 0.310. The molecule has 0 bridgehead atoms. The van der Waals surface area contributed by atoms with Gasteiger partial charge in [0.25, 0.3) is 0 Å². The molecule has 41 heavy (non-hydrogen) atoms. The predicted molar refractivity (Wildman–Crippen MR) is 146 cm³/mol. The maximum absolute atomic E-state index is 14.4. The highest BCUT2D eigenvalue weighted by molar-refractivity contribution is 7.12. The molecule has 212 valence electrons. The van der Waals surface area contributed by atoms with Crippen LogP contribution in [0.25, 0.3) is 16.9 Å². The zero-order valence-corrected chi connectivity index (χ0v) is 23.5. The van der Waals surface area contributed by atoms with Crippen molar-refractivity contribution >= 4 is 17.4 Å². The second-order valence-corrected chi connectivity index (χ2v) is 11.6. The molecule has 0 spiro atoms. The SMILES string of the molecule is COc1cccnc1-n1cc(-c2ccccc2[C@@H]2CN(C(=O)OC(C)(C)C)Cc3sc(C#N)cc32)c(C(F)(F)F)n1. The van der Waals surface area contributed by atoms with Gasteiger partial charge in [-0.25, -0.2) is 14.5 Å². The summed E-state index contributed by atoms with van der Waals surface area (Å²) in [5, 5.41) is 13.5. The van der Waals surface area contributed by atoms with Gasteiger partial charge in [0.15, 0.2) is 17.3 Å². The number of nitriles is 1. The number of methoxy groups -OCH3 is 1. The summed E-state index contributed by atoms with van der Waals surface area (Å²) in [4.78, 5) is 20.0. The molecule has 1 aromatic carbocycles. The number of hydrogen-bond acceptors (Lipinski definition) is 7. The third-order valence-corrected chi connectivity index (χ3v) is 7.55. The number of nitrogens with zero attached hydrogens (tertiary/aromatic N) is 5. The Bertz CT molecular complexity index is 1650. The summed E-state index contributed by atoms with van der Waals surface area (Å²) in [6.45, 7) is 5.68. The van der Waals surface area contributed by atoms with Gasteiger partial charge in [0.2, 0.25) is 0 Å². The molecule has 1 aliphatic heterocycles. The molecule has 4 aromatic rings. The number of rotatable bonds is 4. The molecular weight excluding hydrogens is 555 g/mol. The van der Waals surface area contributed by atoms with Gasteiger partial charge in [0, 0.05) is 35.3 Å². The average Bonchev–Trinajstić information content (AvgIpc) is 3.56. The Kier molecular flexibility index (Phi) is 7.25. The zero-order chi connectivity index (χ0) is 29.5. The smallest absolute Gasteiger partial charge is 0.435 e. The van der Waals surface area contributed by atoms with Crippen molar-refractivity contribution in [1.29, 1.82) is 5.26 Å². The molecule has 1 atom stereocenters. The Morgan fingerprint density at radius 1 is 1.12 bits per heavy atom. The molecule has 0 fully saturated rings. The highest BCUT2D eigenvalue weighted by Crippen LogP contribution is 2.44. The van der Waals surface area contributed by atoms with Crippen molar-refractivity contribution in [3.8, 4) is 28.8 Å². The zero-order valence-electron chi connectivity index (χ0n) is 22.7. The number of carbonyl (C=O) groups excluding carboxylic acids is 1. The molecule has 0 N–H and O–H groups in total. The van der Waals surface area contributed by atoms with Crippen molar-refractivity contribution in [2.45, 2.75) is 45.0 Å². The summed E-state index contributed by atoms with van der Waals surface area (Å²) < 4.78 is 55.2. The number of aromatic nitrogens is 3. The van der Waals surface area contributed by atoms with Crippen LogP contribution in [-0.4, -0.2) is 45.0 Å². The number of amides is 1. The summed E-state index contributed by atoms with van der Waals surface area (Å²) >= 11 is 1.26. The molecule has 12 heteroatoms. The van der Waals surface area contributed by atoms with E-state index in [1.165, 1.54) is 35.7 Å². The fourth-order valence-electron chi connectivity index (χ4n) is 4.85. The molecule has 3 aromatic heterocycles. The van der Waals surface area contributed by atoms with Crippen molar-refractivity contribution in [3.63, 3.8) is 0 Å². The lowest BCUT2D eigenvalue weighted by molar-refractivity contribution is -0.140. The summed E-state index contributed by atoms with van der Waals surface area (Å²) in [6.07, 6.45) is -2.58. The highest BCUT2D eigenvalue weighted by Gasteiger charge is 2.40. The van der Waals surface area contributed by atoms with E-state index >= 15 is 0 Å². The summed E-state index contributed by atoms with van der Waals surface area (Å²) in [6, 6.07) is 13.8. The molecule has 0 aliphatic carbocycles. The number of fused-ring (bicyclic) bond motifs is 1. The van der Waals surface area contributed by atoms with Gasteiger partial charge in [0.05, 0.1) is 13.7 Å². The lowest BCUT2D eigenvalue weighted by atomic mass is 9.84. The Hall–Kier alpha value is -4.37. The van der Waals surface area contributed by atoms with Crippen molar-refractivity contribution in [3.05, 3.63) is 81.4 Å². The number of ether oxygens (including phenoxy) is 2. The average molecular weight is 582 g/mol. The molecule has 4 heterocycles. The van der Waals surface area contributed by atoms with Gasteiger partial charge >= 0.3 is 12.3 Å². The fourth-order valence-corrected chi connectivity index (χ4v) is 5.89. The van der Waals surface area contributed by atoms with E-state index in [2.05, 4.69) is 16.2 Å². The first-order valence-electron chi connectivity index (χ1n) is 12.7. The topological polar surface area (TPSA) is 93.3 Å². The van der Waals surface area contributed by atoms with Gasteiger partial charge in [0.1, 0.15) is 16.5 Å². The van der Waals surface area contributed by atoms with Crippen LogP contribution < -0.4 is 4.74 Å². The number of thiophene rings is 1. The van der Waals surface area contributed by atoms with Crippen molar-refractivity contribution in [1.82, 2.24) is 19.7 Å². The van der Waals surface area contributed by atoms with Gasteiger partial charge in [-0.05, 0) is 55.7 Å². The Labute approximate surface area is 238 Å². The Balaban J connectivity index is 1.66. The standard InChI is InChI=1S/C29H26F3N5O3S/c1-28(2,3)40-27(38)36-14-21(20-12-17(13-33)41-24(20)16-36)18-8-5-6-9-19(18)22-15-37(35-25(22)29(30,31)32)26-23(39-4)10-7-11-34-26/h5-12,15,21H,14,16H2,1-4H3/t21-/m0/s1. The molecule has 0 saturated heterocycles. The van der Waals surface area contributed by atoms with Crippen LogP contribution in [0.3, 0.4) is 0 Å². The predicted octanol–water partition coefficient (Wildman–Crippen LogP) is 6.78. The third kappa shape index (κ3) is 5.63. The summed E-state index contributed by atoms with van der Waals surface area (Å²) in [5.74, 6) is -0.151. The van der Waals surface area contributed by atoms with Gasteiger partial charge in [-0.15, -0.1) is 11.3 Å². The molecule has 0 saturated carbocycles. The van der Waals surface area contributed by atoms with Crippen LogP contribution in [0.5, 0.6) is 5.75 Å². The van der Waals surface area contributed by atoms with E-state index in [-0.39, 0.29) is 30.2 Å². The first kappa shape index (κ1) is 28.2. The quantitative estimate of drug-likeness (QED) is 0.264. The van der Waals surface area contributed by atoms with Crippen LogP contribution in [0.4, 0.5) is 18.0 Å². The van der Waals surface area contributed by atoms with E-state index in [9.17, 15) is 23.2 Å². The van der Waals surface area contributed by atoms with Crippen LogP contribution >= 0.6 is 11.3 Å². The first-order valence-corrected chi connectivity index (χ1v) is 13.5. The second kappa shape index (κ2) is 10.6. The molecular formula is C29H26F3N5O3S. The minimum absolute atomic E-state index is 0.108. The van der Waals surface area contributed by atoms with E-state index in [1.807, 2.05) is 0 Å². The molecule has 1 amide bonds. The molecule has 0 radical (unpaired) electrons. The summed E-state index contributed by atoms with van der Waals surface area (Å²) in [5.41, 5.74) is -0.310. The van der Waals surface area contributed by atoms with E-state index in [0.717, 1.165) is 15.1 Å². The van der Waals surface area contributed by atoms with Gasteiger partial charge in [-0.3, -0.25) is 0 Å². The number of benzene rings is 1. The van der Waals surface area contributed by atoms with Gasteiger partial charge in [-0.1, -0.05) is 24.3 Å². The number of alkyl halides is 3. The second-order valence-electron chi connectivity index (χ2n) is 10.5. The number of hydrogen-bond donors (Lipinski definition) is 0. The maximum atomic E-state index is 14.4. The van der Waals surface area contributed by atoms with Crippen molar-refractivity contribution < 1.29 is 27.4 Å². The van der Waals surface area contributed by atoms with E-state index in [1.54, 1.807) is 63.2 Å². The van der Waals surface area contributed by atoms with Crippen LogP contribution in [-0.2, 0) is 17.5 Å². The van der Waals surface area contributed by atoms with E-state index in [4.69, 9.17) is 9.47 Å². The molecule has 0 unspecified atom stereocenters. The van der Waals surface area contributed by atoms with E-state index in [0.29, 0.717) is 16.0 Å². The number of halogens is 3. The highest BCUT2D eigenvalue weighted by atomic mass is 32.1. The molecule has 1 aliphatic rings. The summed E-state index contributed by atoms with van der Waals surface area (Å²) in [7, 11) is 1.40. The first-order chi connectivity index (χ1) is 19.4. The number of pyridine rings is 1. The minimum atomic E-state index is -4.77. The molecule has 5 rings (SSSR count). The largest absolute Gasteiger partial charge is 0.493 e. The molecule has 8 nitrogen and oxygen atoms in total. The minimum Gasteiger partial charge on any atom is -0.493 e. The normalized spacial score (nSPS) is 15.3. The Morgan fingerprint density at radius 2 is 1.88 bits per heavy atom. The van der Waals surface area contributed by atoms with Crippen LogP contribution in [0.1, 0.15) is 53.3 Å².